The molecule has 0 spiro atoms. The van der Waals surface area contributed by atoms with Crippen molar-refractivity contribution >= 4 is 17.8 Å². The first-order valence-electron chi connectivity index (χ1n) is 16.4. The van der Waals surface area contributed by atoms with E-state index in [-0.39, 0.29) is 37.0 Å². The van der Waals surface area contributed by atoms with Crippen molar-refractivity contribution in [3.05, 3.63) is 70.8 Å². The Bertz CT molecular complexity index is 1390. The van der Waals surface area contributed by atoms with Crippen molar-refractivity contribution in [2.24, 2.45) is 23.3 Å². The monoisotopic (exact) mass is 682 g/mol. The van der Waals surface area contributed by atoms with Gasteiger partial charge in [-0.15, -0.1) is 0 Å². The van der Waals surface area contributed by atoms with Gasteiger partial charge in [0.25, 0.3) is 0 Å². The SMILES string of the molecule is N=C(N)N1CCC(CNC(=O)C(C2CCCCC2)N(CC(Cc2ccc(CN)cc2)c2cccc(C(F)(F)F)c2)C(=O)C(F)(F)F)CC1. The molecule has 1 heterocycles. The highest BCUT2D eigenvalue weighted by molar-refractivity contribution is 5.90. The third-order valence-electron chi connectivity index (χ3n) is 9.57. The summed E-state index contributed by atoms with van der Waals surface area (Å²) in [6, 6.07) is 9.81. The summed E-state index contributed by atoms with van der Waals surface area (Å²) in [5, 5.41) is 10.4. The maximum Gasteiger partial charge on any atom is 0.471 e. The molecule has 2 aromatic carbocycles. The topological polar surface area (TPSA) is 129 Å². The maximum absolute atomic E-state index is 14.3. The minimum Gasteiger partial charge on any atom is -0.370 e. The molecule has 1 aliphatic heterocycles. The zero-order valence-corrected chi connectivity index (χ0v) is 26.8. The molecule has 1 saturated carbocycles. The molecular weight excluding hydrogens is 638 g/mol. The van der Waals surface area contributed by atoms with E-state index in [0.29, 0.717) is 62.1 Å². The van der Waals surface area contributed by atoms with E-state index < -0.39 is 54.2 Å². The van der Waals surface area contributed by atoms with Crippen molar-refractivity contribution in [2.75, 3.05) is 26.2 Å². The fraction of sp³-hybridized carbons (Fsp3) is 0.559. The second-order valence-corrected chi connectivity index (χ2v) is 12.9. The van der Waals surface area contributed by atoms with Gasteiger partial charge in [-0.2, -0.15) is 26.3 Å². The van der Waals surface area contributed by atoms with Crippen molar-refractivity contribution in [3.8, 4) is 0 Å². The number of carbonyl (C=O) groups is 2. The fourth-order valence-corrected chi connectivity index (χ4v) is 6.86. The highest BCUT2D eigenvalue weighted by atomic mass is 19.4. The number of likely N-dealkylation sites (tertiary alicyclic amines) is 1. The van der Waals surface area contributed by atoms with E-state index in [0.717, 1.165) is 24.1 Å². The number of halogens is 6. The lowest BCUT2D eigenvalue weighted by Gasteiger charge is -2.40. The van der Waals surface area contributed by atoms with Crippen LogP contribution >= 0.6 is 0 Å². The van der Waals surface area contributed by atoms with Crippen molar-refractivity contribution in [1.82, 2.24) is 15.1 Å². The van der Waals surface area contributed by atoms with Crippen LogP contribution in [0, 0.1) is 17.2 Å². The predicted octanol–water partition coefficient (Wildman–Crippen LogP) is 5.55. The van der Waals surface area contributed by atoms with Gasteiger partial charge >= 0.3 is 18.3 Å². The van der Waals surface area contributed by atoms with Crippen LogP contribution in [0.5, 0.6) is 0 Å². The predicted molar refractivity (Wildman–Crippen MR) is 170 cm³/mol. The van der Waals surface area contributed by atoms with Crippen molar-refractivity contribution in [1.29, 1.82) is 5.41 Å². The molecule has 48 heavy (non-hydrogen) atoms. The summed E-state index contributed by atoms with van der Waals surface area (Å²) in [7, 11) is 0. The van der Waals surface area contributed by atoms with Gasteiger partial charge < -0.3 is 26.6 Å². The molecule has 2 aromatic rings. The highest BCUT2D eigenvalue weighted by Gasteiger charge is 2.49. The largest absolute Gasteiger partial charge is 0.471 e. The maximum atomic E-state index is 14.3. The summed E-state index contributed by atoms with van der Waals surface area (Å²) in [5.74, 6) is -4.52. The van der Waals surface area contributed by atoms with Gasteiger partial charge in [-0.3, -0.25) is 15.0 Å². The van der Waals surface area contributed by atoms with E-state index in [1.54, 1.807) is 29.2 Å². The lowest BCUT2D eigenvalue weighted by atomic mass is 9.81. The number of nitrogens with one attached hydrogen (secondary N) is 2. The van der Waals surface area contributed by atoms with Gasteiger partial charge in [0.2, 0.25) is 5.91 Å². The minimum absolute atomic E-state index is 0.00215. The first kappa shape index (κ1) is 37.0. The lowest BCUT2D eigenvalue weighted by Crippen LogP contribution is -2.58. The molecule has 2 aliphatic rings. The van der Waals surface area contributed by atoms with Gasteiger partial charge in [-0.25, -0.2) is 0 Å². The Labute approximate surface area is 276 Å². The van der Waals surface area contributed by atoms with Crippen LogP contribution in [0.2, 0.25) is 0 Å². The van der Waals surface area contributed by atoms with Crippen LogP contribution in [0.25, 0.3) is 0 Å². The number of hydrogen-bond acceptors (Lipinski definition) is 4. The third kappa shape index (κ3) is 9.86. The molecule has 1 aliphatic carbocycles. The number of piperidine rings is 1. The van der Waals surface area contributed by atoms with Crippen LogP contribution in [-0.4, -0.2) is 66.0 Å². The number of carbonyl (C=O) groups excluding carboxylic acids is 2. The van der Waals surface area contributed by atoms with Gasteiger partial charge in [0.15, 0.2) is 5.96 Å². The van der Waals surface area contributed by atoms with Crippen LogP contribution in [0.15, 0.2) is 48.5 Å². The van der Waals surface area contributed by atoms with Crippen LogP contribution in [0.3, 0.4) is 0 Å². The number of amides is 2. The number of hydrogen-bond donors (Lipinski definition) is 4. The summed E-state index contributed by atoms with van der Waals surface area (Å²) in [6.45, 7) is 0.812. The molecule has 2 unspecified atom stereocenters. The van der Waals surface area contributed by atoms with Gasteiger partial charge in [0, 0.05) is 38.6 Å². The van der Waals surface area contributed by atoms with E-state index in [9.17, 15) is 35.9 Å². The average molecular weight is 683 g/mol. The standard InChI is InChI=1S/C34H44F6N6O2/c35-33(36,37)28-8-4-7-26(18-28)27(17-22-9-11-23(19-41)12-10-22)21-46(31(48)34(38,39)40)29(25-5-2-1-3-6-25)30(47)44-20-24-13-15-45(16-14-24)32(42)43/h4,7-12,18,24-25,27,29H,1-3,5-6,13-17,19-21,41H2,(H3,42,43)(H,44,47). The molecule has 2 fully saturated rings. The summed E-state index contributed by atoms with van der Waals surface area (Å²) in [5.41, 5.74) is 11.8. The van der Waals surface area contributed by atoms with Crippen molar-refractivity contribution in [3.63, 3.8) is 0 Å². The molecular formula is C34H44F6N6O2. The van der Waals surface area contributed by atoms with E-state index in [2.05, 4.69) is 5.32 Å². The molecule has 0 aromatic heterocycles. The second-order valence-electron chi connectivity index (χ2n) is 12.9. The highest BCUT2D eigenvalue weighted by Crippen LogP contribution is 2.36. The number of benzene rings is 2. The smallest absolute Gasteiger partial charge is 0.370 e. The molecule has 2 amide bonds. The number of rotatable bonds is 11. The lowest BCUT2D eigenvalue weighted by molar-refractivity contribution is -0.190. The van der Waals surface area contributed by atoms with Gasteiger partial charge in [-0.1, -0.05) is 61.7 Å². The van der Waals surface area contributed by atoms with Crippen molar-refractivity contribution < 1.29 is 35.9 Å². The minimum atomic E-state index is -5.33. The number of guanidine groups is 1. The first-order valence-corrected chi connectivity index (χ1v) is 16.4. The van der Waals surface area contributed by atoms with E-state index in [1.165, 1.54) is 12.1 Å². The molecule has 8 nitrogen and oxygen atoms in total. The van der Waals surface area contributed by atoms with Gasteiger partial charge in [0.1, 0.15) is 6.04 Å². The third-order valence-corrected chi connectivity index (χ3v) is 9.57. The van der Waals surface area contributed by atoms with Gasteiger partial charge in [0.05, 0.1) is 5.56 Å². The summed E-state index contributed by atoms with van der Waals surface area (Å²) < 4.78 is 84.3. The first-order chi connectivity index (χ1) is 22.7. The second kappa shape index (κ2) is 16.1. The van der Waals surface area contributed by atoms with E-state index in [1.807, 2.05) is 0 Å². The Morgan fingerprint density at radius 3 is 2.12 bits per heavy atom. The number of nitrogens with two attached hydrogens (primary N) is 2. The Kier molecular flexibility index (Phi) is 12.4. The zero-order valence-electron chi connectivity index (χ0n) is 26.8. The van der Waals surface area contributed by atoms with E-state index >= 15 is 0 Å². The molecule has 14 heteroatoms. The Morgan fingerprint density at radius 2 is 1.56 bits per heavy atom. The average Bonchev–Trinajstić information content (AvgIpc) is 3.06. The van der Waals surface area contributed by atoms with E-state index in [4.69, 9.17) is 16.9 Å². The molecule has 0 bridgehead atoms. The molecule has 4 rings (SSSR count). The summed E-state index contributed by atoms with van der Waals surface area (Å²) in [4.78, 5) is 29.5. The number of nitrogens with zero attached hydrogens (tertiary/aromatic N) is 2. The van der Waals surface area contributed by atoms with Crippen LogP contribution in [0.4, 0.5) is 26.3 Å². The Hall–Kier alpha value is -3.81. The molecule has 0 radical (unpaired) electrons. The van der Waals surface area contributed by atoms with Crippen LogP contribution in [-0.2, 0) is 28.7 Å². The normalized spacial score (nSPS) is 17.9. The molecule has 2 atom stereocenters. The number of alkyl halides is 6. The molecule has 1 saturated heterocycles. The molecule has 6 N–H and O–H groups in total. The van der Waals surface area contributed by atoms with Crippen LogP contribution < -0.4 is 16.8 Å². The Balaban J connectivity index is 1.70. The van der Waals surface area contributed by atoms with Crippen molar-refractivity contribution in [2.45, 2.75) is 82.2 Å². The van der Waals surface area contributed by atoms with Crippen LogP contribution in [0.1, 0.15) is 73.1 Å². The Morgan fingerprint density at radius 1 is 0.938 bits per heavy atom. The zero-order chi connectivity index (χ0) is 35.1. The quantitative estimate of drug-likeness (QED) is 0.140. The molecule has 264 valence electrons. The summed E-state index contributed by atoms with van der Waals surface area (Å²) >= 11 is 0. The fourth-order valence-electron chi connectivity index (χ4n) is 6.86. The van der Waals surface area contributed by atoms with Gasteiger partial charge in [-0.05, 0) is 66.7 Å². The summed E-state index contributed by atoms with van der Waals surface area (Å²) in [6.07, 6.45) is -5.72.